The van der Waals surface area contributed by atoms with Crippen LogP contribution < -0.4 is 9.47 Å². The van der Waals surface area contributed by atoms with Gasteiger partial charge in [0.2, 0.25) is 5.17 Å². The molecule has 0 unspecified atom stereocenters. The zero-order valence-corrected chi connectivity index (χ0v) is 24.0. The Labute approximate surface area is 243 Å². The van der Waals surface area contributed by atoms with Crippen molar-refractivity contribution in [2.24, 2.45) is 10.1 Å². The number of thioether (sulfide) groups is 1. The number of rotatable bonds is 6. The maximum absolute atomic E-state index is 13.0. The second kappa shape index (κ2) is 10.7. The average molecular weight is 612 g/mol. The molecule has 9 heteroatoms. The largest absolute Gasteiger partial charge is 0.493 e. The van der Waals surface area contributed by atoms with Crippen molar-refractivity contribution in [1.29, 1.82) is 5.41 Å². The Kier molecular flexibility index (Phi) is 7.00. The summed E-state index contributed by atoms with van der Waals surface area (Å²) in [5, 5.41) is 18.0. The van der Waals surface area contributed by atoms with E-state index in [0.29, 0.717) is 38.4 Å². The molecule has 4 aromatic rings. The monoisotopic (exact) mass is 610 g/mol. The molecule has 0 radical (unpaired) electrons. The zero-order valence-electron chi connectivity index (χ0n) is 21.6. The number of hydrazone groups is 1. The molecule has 0 bridgehead atoms. The smallest absolute Gasteiger partial charge is 0.283 e. The molecular weight excluding hydrogens is 588 g/mol. The molecule has 0 fully saturated rings. The molecule has 0 atom stereocenters. The van der Waals surface area contributed by atoms with Gasteiger partial charge < -0.3 is 9.47 Å². The number of nitrogens with one attached hydrogen (secondary N) is 1. The summed E-state index contributed by atoms with van der Waals surface area (Å²) >= 11 is 4.88. The Morgan fingerprint density at radius 1 is 1.05 bits per heavy atom. The number of ether oxygens (including phenoxy) is 2. The van der Waals surface area contributed by atoms with E-state index in [9.17, 15) is 4.79 Å². The molecule has 1 amide bonds. The summed E-state index contributed by atoms with van der Waals surface area (Å²) in [6, 6.07) is 25.8. The van der Waals surface area contributed by atoms with Crippen LogP contribution in [0.15, 0.2) is 99.0 Å². The summed E-state index contributed by atoms with van der Waals surface area (Å²) in [6.07, 6.45) is 1.62. The molecule has 40 heavy (non-hydrogen) atoms. The summed E-state index contributed by atoms with van der Waals surface area (Å²) < 4.78 is 12.5. The Balaban J connectivity index is 1.27. The standard InChI is InChI=1S/C31H23BrN4O3S/c1-18-10-12-21(13-11-18)30-35-36-28(33)24(29(37)34-31(36)40-30)14-19-15-25(32)27(26(16-19)38-2)39-17-22-8-5-7-20-6-3-4-9-23(20)22/h3-16,33H,17H2,1-2H3/b24-14-,33-28?. The van der Waals surface area contributed by atoms with Gasteiger partial charge in [-0.1, -0.05) is 72.3 Å². The lowest BCUT2D eigenvalue weighted by atomic mass is 10.1. The van der Waals surface area contributed by atoms with Gasteiger partial charge in [-0.25, -0.2) is 0 Å². The predicted octanol–water partition coefficient (Wildman–Crippen LogP) is 7.17. The highest BCUT2D eigenvalue weighted by molar-refractivity contribution is 9.10. The molecule has 2 heterocycles. The van der Waals surface area contributed by atoms with Gasteiger partial charge in [0.15, 0.2) is 17.3 Å². The number of aliphatic imine (C=N–C) groups is 1. The molecule has 0 saturated carbocycles. The lowest BCUT2D eigenvalue weighted by molar-refractivity contribution is -0.114. The van der Waals surface area contributed by atoms with Gasteiger partial charge in [0.25, 0.3) is 5.91 Å². The Hall–Kier alpha value is -4.21. The minimum atomic E-state index is -0.490. The highest BCUT2D eigenvalue weighted by atomic mass is 79.9. The van der Waals surface area contributed by atoms with E-state index in [1.807, 2.05) is 61.5 Å². The van der Waals surface area contributed by atoms with Crippen LogP contribution in [0.3, 0.4) is 0 Å². The van der Waals surface area contributed by atoms with Gasteiger partial charge in [0.1, 0.15) is 11.7 Å². The lowest BCUT2D eigenvalue weighted by Gasteiger charge is -2.20. The van der Waals surface area contributed by atoms with Crippen LogP contribution in [-0.2, 0) is 11.4 Å². The van der Waals surface area contributed by atoms with Gasteiger partial charge in [-0.3, -0.25) is 10.2 Å². The number of methoxy groups -OCH3 is 1. The normalized spacial score (nSPS) is 15.8. The minimum Gasteiger partial charge on any atom is -0.493 e. The fourth-order valence-electron chi connectivity index (χ4n) is 4.50. The van der Waals surface area contributed by atoms with Gasteiger partial charge in [-0.2, -0.15) is 15.1 Å². The first-order valence-electron chi connectivity index (χ1n) is 12.5. The summed E-state index contributed by atoms with van der Waals surface area (Å²) in [5.41, 5.74) is 3.90. The van der Waals surface area contributed by atoms with E-state index in [4.69, 9.17) is 14.9 Å². The third kappa shape index (κ3) is 4.94. The van der Waals surface area contributed by atoms with E-state index >= 15 is 0 Å². The highest BCUT2D eigenvalue weighted by Gasteiger charge is 2.36. The van der Waals surface area contributed by atoms with E-state index in [1.165, 1.54) is 16.8 Å². The molecular formula is C31H23BrN4O3S. The Bertz CT molecular complexity index is 1770. The number of benzene rings is 4. The predicted molar refractivity (Wildman–Crippen MR) is 164 cm³/mol. The minimum absolute atomic E-state index is 0.0315. The molecule has 1 N–H and O–H groups in total. The number of amidine groups is 2. The van der Waals surface area contributed by atoms with Crippen LogP contribution >= 0.6 is 27.7 Å². The van der Waals surface area contributed by atoms with Crippen LogP contribution in [0, 0.1) is 12.3 Å². The van der Waals surface area contributed by atoms with Crippen molar-refractivity contribution in [3.63, 3.8) is 0 Å². The summed E-state index contributed by atoms with van der Waals surface area (Å²) in [6.45, 7) is 2.37. The number of amides is 1. The quantitative estimate of drug-likeness (QED) is 0.234. The summed E-state index contributed by atoms with van der Waals surface area (Å²) in [5.74, 6) is 0.523. The number of halogens is 1. The van der Waals surface area contributed by atoms with Gasteiger partial charge in [-0.15, -0.1) is 0 Å². The van der Waals surface area contributed by atoms with E-state index in [1.54, 1.807) is 19.3 Å². The zero-order chi connectivity index (χ0) is 27.8. The summed E-state index contributed by atoms with van der Waals surface area (Å²) in [4.78, 5) is 17.2. The second-order valence-corrected chi connectivity index (χ2v) is 11.1. The van der Waals surface area contributed by atoms with Crippen LogP contribution in [0.5, 0.6) is 11.5 Å². The first kappa shape index (κ1) is 26.0. The van der Waals surface area contributed by atoms with Crippen molar-refractivity contribution in [2.45, 2.75) is 13.5 Å². The maximum atomic E-state index is 13.0. The Morgan fingerprint density at radius 3 is 2.62 bits per heavy atom. The van der Waals surface area contributed by atoms with E-state index in [-0.39, 0.29) is 11.4 Å². The number of nitrogens with zero attached hydrogens (tertiary/aromatic N) is 3. The fraction of sp³-hybridized carbons (Fsp3) is 0.0968. The molecule has 2 aliphatic rings. The van der Waals surface area contributed by atoms with Crippen molar-refractivity contribution >= 4 is 66.5 Å². The average Bonchev–Trinajstić information content (AvgIpc) is 3.39. The number of hydrogen-bond donors (Lipinski definition) is 1. The van der Waals surface area contributed by atoms with Crippen molar-refractivity contribution < 1.29 is 14.3 Å². The van der Waals surface area contributed by atoms with Gasteiger partial charge in [0, 0.05) is 5.56 Å². The van der Waals surface area contributed by atoms with Crippen LogP contribution in [0.2, 0.25) is 0 Å². The topological polar surface area (TPSA) is 87.3 Å². The van der Waals surface area contributed by atoms with Gasteiger partial charge in [-0.05, 0) is 74.7 Å². The number of hydrogen-bond acceptors (Lipinski definition) is 6. The van der Waals surface area contributed by atoms with Crippen molar-refractivity contribution in [1.82, 2.24) is 5.01 Å². The maximum Gasteiger partial charge on any atom is 0.283 e. The fourth-order valence-corrected chi connectivity index (χ4v) is 5.97. The number of carbonyl (C=O) groups is 1. The SMILES string of the molecule is COc1cc(/C=C2/C(=N)N3N=C(c4ccc(C)cc4)SC3=NC2=O)cc(Br)c1OCc1cccc2ccccc12. The Morgan fingerprint density at radius 2 is 1.82 bits per heavy atom. The van der Waals surface area contributed by atoms with E-state index in [0.717, 1.165) is 27.5 Å². The van der Waals surface area contributed by atoms with Crippen molar-refractivity contribution in [3.05, 3.63) is 111 Å². The van der Waals surface area contributed by atoms with E-state index in [2.05, 4.69) is 44.2 Å². The first-order valence-corrected chi connectivity index (χ1v) is 14.1. The molecule has 0 saturated heterocycles. The number of aryl methyl sites for hydroxylation is 1. The number of carbonyl (C=O) groups excluding carboxylic acids is 1. The molecule has 0 aromatic heterocycles. The van der Waals surface area contributed by atoms with Gasteiger partial charge >= 0.3 is 0 Å². The molecule has 4 aromatic carbocycles. The first-order chi connectivity index (χ1) is 19.4. The molecule has 0 spiro atoms. The summed E-state index contributed by atoms with van der Waals surface area (Å²) in [7, 11) is 1.57. The molecule has 7 nitrogen and oxygen atoms in total. The molecule has 0 aliphatic carbocycles. The second-order valence-electron chi connectivity index (χ2n) is 9.25. The van der Waals surface area contributed by atoms with Crippen LogP contribution in [-0.4, -0.2) is 34.1 Å². The highest BCUT2D eigenvalue weighted by Crippen LogP contribution is 2.39. The number of fused-ring (bicyclic) bond motifs is 2. The third-order valence-corrected chi connectivity index (χ3v) is 8.11. The van der Waals surface area contributed by atoms with Crippen LogP contribution in [0.4, 0.5) is 0 Å². The van der Waals surface area contributed by atoms with Crippen molar-refractivity contribution in [3.8, 4) is 11.5 Å². The van der Waals surface area contributed by atoms with Crippen molar-refractivity contribution in [2.75, 3.05) is 7.11 Å². The molecule has 6 rings (SSSR count). The van der Waals surface area contributed by atoms with E-state index < -0.39 is 5.91 Å². The van der Waals surface area contributed by atoms with Crippen LogP contribution in [0.25, 0.3) is 16.8 Å². The van der Waals surface area contributed by atoms with Gasteiger partial charge in [0.05, 0.1) is 17.2 Å². The lowest BCUT2D eigenvalue weighted by Crippen LogP contribution is -2.35. The third-order valence-electron chi connectivity index (χ3n) is 6.57. The molecule has 2 aliphatic heterocycles. The molecule has 198 valence electrons. The van der Waals surface area contributed by atoms with Crippen LogP contribution in [0.1, 0.15) is 22.3 Å².